The van der Waals surface area contributed by atoms with Crippen LogP contribution in [0.5, 0.6) is 11.5 Å². The van der Waals surface area contributed by atoms with Gasteiger partial charge in [-0.05, 0) is 60.3 Å². The predicted octanol–water partition coefficient (Wildman–Crippen LogP) is 4.26. The summed E-state index contributed by atoms with van der Waals surface area (Å²) in [5.74, 6) is -1.98. The number of carboxylic acids is 2. The zero-order valence-corrected chi connectivity index (χ0v) is 18.6. The average molecular weight is 626 g/mol. The summed E-state index contributed by atoms with van der Waals surface area (Å²) in [6, 6.07) is 10.1. The standard InChI is InChI=1S/2C9H10NO3.2ClH.Pt/c2*10-8(9(12)13)5-6-1-3-7(11)4-2-6;;;/h2*1-4,8,10-11H,5H2,(H,12,13);2*1H;/q2*-1;;;+4/p-2. The first-order chi connectivity index (χ1) is 13.6. The van der Waals surface area contributed by atoms with Crippen LogP contribution in [0.15, 0.2) is 48.5 Å². The summed E-state index contributed by atoms with van der Waals surface area (Å²) in [5.41, 5.74) is 15.8. The Hall–Kier alpha value is -1.83. The van der Waals surface area contributed by atoms with E-state index in [1.54, 1.807) is 24.3 Å². The van der Waals surface area contributed by atoms with Crippen LogP contribution < -0.4 is 0 Å². The third kappa shape index (κ3) is 13.1. The van der Waals surface area contributed by atoms with Crippen LogP contribution in [0.4, 0.5) is 0 Å². The number of hydrogen-bond acceptors (Lipinski definition) is 4. The van der Waals surface area contributed by atoms with Gasteiger partial charge in [-0.3, -0.25) is 9.59 Å². The fourth-order valence-corrected chi connectivity index (χ4v) is 1.91. The van der Waals surface area contributed by atoms with E-state index in [9.17, 15) is 9.59 Å². The molecule has 6 N–H and O–H groups in total. The second-order valence-electron chi connectivity index (χ2n) is 5.57. The third-order valence-electron chi connectivity index (χ3n) is 3.35. The molecule has 8 nitrogen and oxygen atoms in total. The Morgan fingerprint density at radius 3 is 1.21 bits per heavy atom. The van der Waals surface area contributed by atoms with E-state index in [2.05, 4.69) is 0 Å². The number of rotatable bonds is 6. The number of carboxylic acid groups (broad SMARTS) is 2. The summed E-state index contributed by atoms with van der Waals surface area (Å²) in [4.78, 5) is 20.7. The fraction of sp³-hybridized carbons (Fsp3) is 0.222. The Morgan fingerprint density at radius 2 is 1.00 bits per heavy atom. The van der Waals surface area contributed by atoms with Gasteiger partial charge in [0.15, 0.2) is 0 Å². The molecule has 2 aromatic carbocycles. The van der Waals surface area contributed by atoms with E-state index in [0.29, 0.717) is 0 Å². The molecule has 162 valence electrons. The number of benzene rings is 2. The van der Waals surface area contributed by atoms with E-state index in [0.717, 1.165) is 11.1 Å². The van der Waals surface area contributed by atoms with Crippen LogP contribution in [0.25, 0.3) is 11.5 Å². The number of hydrogen-bond donors (Lipinski definition) is 4. The summed E-state index contributed by atoms with van der Waals surface area (Å²) >= 11 is -0.472. The molecule has 0 aliphatic carbocycles. The van der Waals surface area contributed by atoms with Crippen LogP contribution in [0, 0.1) is 0 Å². The van der Waals surface area contributed by atoms with Crippen molar-refractivity contribution >= 4 is 30.8 Å². The molecule has 0 amide bonds. The molecule has 0 radical (unpaired) electrons. The summed E-state index contributed by atoms with van der Waals surface area (Å²) in [5, 5.41) is 34.8. The quantitative estimate of drug-likeness (QED) is 0.375. The monoisotopic (exact) mass is 625 g/mol. The predicted molar refractivity (Wildman–Crippen MR) is 107 cm³/mol. The van der Waals surface area contributed by atoms with Crippen molar-refractivity contribution in [3.05, 3.63) is 71.1 Å². The minimum Gasteiger partial charge on any atom is -0.665 e. The third-order valence-corrected chi connectivity index (χ3v) is 3.35. The fourth-order valence-electron chi connectivity index (χ4n) is 1.91. The summed E-state index contributed by atoms with van der Waals surface area (Å²) in [6.07, 6.45) is 0.325. The molecule has 2 aromatic rings. The Bertz CT molecular complexity index is 684. The van der Waals surface area contributed by atoms with Crippen molar-refractivity contribution in [1.82, 2.24) is 0 Å². The molecule has 29 heavy (non-hydrogen) atoms. The van der Waals surface area contributed by atoms with Crippen LogP contribution in [-0.2, 0) is 38.9 Å². The van der Waals surface area contributed by atoms with E-state index in [1.165, 1.54) is 24.3 Å². The minimum absolute atomic E-state index is 0.139. The molecule has 0 aliphatic rings. The molecule has 11 heteroatoms. The van der Waals surface area contributed by atoms with Crippen LogP contribution in [0.2, 0.25) is 0 Å². The molecule has 0 heterocycles. The SMILES string of the molecule is [Cl][Pt+2][Cl].[NH-]C(Cc1ccc(O)cc1)C(=O)O.[NH-]C(Cc1ccc(O)cc1)C(=O)O. The van der Waals surface area contributed by atoms with Gasteiger partial charge in [-0.2, -0.15) is 0 Å². The van der Waals surface area contributed by atoms with E-state index in [-0.39, 0.29) is 24.3 Å². The molecule has 2 atom stereocenters. The van der Waals surface area contributed by atoms with Crippen molar-refractivity contribution in [3.63, 3.8) is 0 Å². The van der Waals surface area contributed by atoms with Crippen molar-refractivity contribution in [2.75, 3.05) is 0 Å². The Labute approximate surface area is 184 Å². The van der Waals surface area contributed by atoms with Crippen molar-refractivity contribution < 1.29 is 46.5 Å². The first kappa shape index (κ1) is 27.2. The van der Waals surface area contributed by atoms with Gasteiger partial charge in [-0.25, -0.2) is 0 Å². The second kappa shape index (κ2) is 15.1. The van der Waals surface area contributed by atoms with Gasteiger partial charge in [-0.15, -0.1) is 0 Å². The molecule has 0 spiro atoms. The number of aromatic hydroxyl groups is 2. The molecule has 0 fully saturated rings. The topological polar surface area (TPSA) is 163 Å². The first-order valence-electron chi connectivity index (χ1n) is 7.86. The first-order valence-corrected chi connectivity index (χ1v) is 13.5. The van der Waals surface area contributed by atoms with Gasteiger partial charge < -0.3 is 31.9 Å². The number of nitrogens with one attached hydrogen (secondary N) is 2. The van der Waals surface area contributed by atoms with Crippen LogP contribution in [0.1, 0.15) is 11.1 Å². The summed E-state index contributed by atoms with van der Waals surface area (Å²) in [6.45, 7) is 0. The number of carbonyl (C=O) groups is 2. The van der Waals surface area contributed by atoms with Gasteiger partial charge in [0.1, 0.15) is 11.5 Å². The molecule has 2 rings (SSSR count). The minimum atomic E-state index is -1.13. The Morgan fingerprint density at radius 1 is 0.759 bits per heavy atom. The molecular formula is C18H20Cl2N2O6Pt. The molecule has 0 saturated carbocycles. The van der Waals surface area contributed by atoms with Crippen molar-refractivity contribution in [2.45, 2.75) is 24.9 Å². The van der Waals surface area contributed by atoms with Gasteiger partial charge in [0.2, 0.25) is 0 Å². The Balaban J connectivity index is 0.000000477. The van der Waals surface area contributed by atoms with Crippen LogP contribution in [-0.4, -0.2) is 44.4 Å². The van der Waals surface area contributed by atoms with Gasteiger partial charge in [-0.1, -0.05) is 24.3 Å². The van der Waals surface area contributed by atoms with Gasteiger partial charge >= 0.3 is 35.3 Å². The number of phenolic OH excluding ortho intramolecular Hbond substituents is 2. The maximum atomic E-state index is 10.3. The maximum absolute atomic E-state index is 10.3. The number of phenols is 2. The molecule has 0 aromatic heterocycles. The molecule has 0 aliphatic heterocycles. The largest absolute Gasteiger partial charge is 0.665 e. The van der Waals surface area contributed by atoms with Gasteiger partial charge in [0, 0.05) is 0 Å². The molecule has 0 bridgehead atoms. The summed E-state index contributed by atoms with van der Waals surface area (Å²) < 4.78 is 0. The molecule has 0 saturated heterocycles. The molecular weight excluding hydrogens is 606 g/mol. The maximum Gasteiger partial charge on any atom is 0.285 e. The van der Waals surface area contributed by atoms with Gasteiger partial charge in [0.05, 0.1) is 0 Å². The van der Waals surface area contributed by atoms with E-state index in [4.69, 9.17) is 50.7 Å². The zero-order chi connectivity index (χ0) is 22.4. The van der Waals surface area contributed by atoms with Crippen molar-refractivity contribution in [3.8, 4) is 11.5 Å². The van der Waals surface area contributed by atoms with E-state index >= 15 is 0 Å². The second-order valence-corrected chi connectivity index (χ2v) is 8.85. The van der Waals surface area contributed by atoms with Gasteiger partial charge in [0.25, 0.3) is 11.9 Å². The van der Waals surface area contributed by atoms with E-state index in [1.807, 2.05) is 0 Å². The zero-order valence-electron chi connectivity index (χ0n) is 14.9. The van der Waals surface area contributed by atoms with Crippen LogP contribution in [0.3, 0.4) is 0 Å². The number of aliphatic carboxylic acids is 2. The van der Waals surface area contributed by atoms with E-state index < -0.39 is 40.5 Å². The smallest absolute Gasteiger partial charge is 0.285 e. The average Bonchev–Trinajstić information content (AvgIpc) is 2.66. The summed E-state index contributed by atoms with van der Waals surface area (Å²) in [7, 11) is 9.75. The molecule has 2 unspecified atom stereocenters. The number of halogens is 2. The van der Waals surface area contributed by atoms with Crippen molar-refractivity contribution in [1.29, 1.82) is 0 Å². The van der Waals surface area contributed by atoms with Crippen LogP contribution >= 0.6 is 18.8 Å². The normalized spacial score (nSPS) is 11.9. The van der Waals surface area contributed by atoms with Crippen molar-refractivity contribution in [2.24, 2.45) is 0 Å². The Kier molecular flexibility index (Phi) is 14.1.